The first-order valence-electron chi connectivity index (χ1n) is 10.5. The number of carbonyl (C=O) groups is 1. The zero-order valence-electron chi connectivity index (χ0n) is 18.5. The van der Waals surface area contributed by atoms with Crippen molar-refractivity contribution in [3.05, 3.63) is 76.9 Å². The Hall–Kier alpha value is -3.68. The monoisotopic (exact) mass is 437 g/mol. The summed E-state index contributed by atoms with van der Waals surface area (Å²) in [7, 11) is 0. The quantitative estimate of drug-likeness (QED) is 0.285. The average molecular weight is 438 g/mol. The van der Waals surface area contributed by atoms with E-state index in [1.165, 1.54) is 11.6 Å². The van der Waals surface area contributed by atoms with Gasteiger partial charge in [-0.3, -0.25) is 4.79 Å². The summed E-state index contributed by atoms with van der Waals surface area (Å²) in [5.74, 6) is 0.445. The molecule has 0 unspecified atom stereocenters. The van der Waals surface area contributed by atoms with Crippen LogP contribution in [0.2, 0.25) is 0 Å². The Balaban J connectivity index is 1.50. The minimum absolute atomic E-state index is 0.295. The number of oxazole rings is 1. The normalized spacial score (nSPS) is 11.3. The zero-order chi connectivity index (χ0) is 22.9. The van der Waals surface area contributed by atoms with Gasteiger partial charge in [-0.25, -0.2) is 14.4 Å². The SMILES string of the molecule is CCNC(=NCc1coc(-c2ccc(C)cc2)n1)NCCNC(=O)c1ccc(C)c(F)c1. The molecule has 0 aliphatic heterocycles. The molecule has 0 saturated carbocycles. The lowest BCUT2D eigenvalue weighted by atomic mass is 10.1. The van der Waals surface area contributed by atoms with E-state index in [1.807, 2.05) is 38.1 Å². The Morgan fingerprint density at radius 2 is 1.81 bits per heavy atom. The molecular weight excluding hydrogens is 409 g/mol. The molecule has 8 heteroatoms. The van der Waals surface area contributed by atoms with Crippen LogP contribution < -0.4 is 16.0 Å². The summed E-state index contributed by atoms with van der Waals surface area (Å²) >= 11 is 0. The third kappa shape index (κ3) is 6.41. The van der Waals surface area contributed by atoms with E-state index in [1.54, 1.807) is 25.3 Å². The number of carbonyl (C=O) groups excluding carboxylic acids is 1. The van der Waals surface area contributed by atoms with Gasteiger partial charge in [0.2, 0.25) is 5.89 Å². The predicted octanol–water partition coefficient (Wildman–Crippen LogP) is 3.58. The van der Waals surface area contributed by atoms with Crippen LogP contribution in [0.15, 0.2) is 58.1 Å². The van der Waals surface area contributed by atoms with Gasteiger partial charge < -0.3 is 20.4 Å². The Bertz CT molecular complexity index is 1080. The second kappa shape index (κ2) is 11.1. The third-order valence-electron chi connectivity index (χ3n) is 4.73. The highest BCUT2D eigenvalue weighted by molar-refractivity contribution is 5.94. The van der Waals surface area contributed by atoms with Crippen LogP contribution in [0.4, 0.5) is 4.39 Å². The molecule has 1 amide bonds. The van der Waals surface area contributed by atoms with Gasteiger partial charge in [0.1, 0.15) is 17.8 Å². The van der Waals surface area contributed by atoms with E-state index in [0.29, 0.717) is 54.9 Å². The van der Waals surface area contributed by atoms with E-state index in [0.717, 1.165) is 5.56 Å². The number of amides is 1. The van der Waals surface area contributed by atoms with E-state index in [2.05, 4.69) is 25.9 Å². The molecule has 3 aromatic rings. The van der Waals surface area contributed by atoms with Gasteiger partial charge in [-0.1, -0.05) is 23.8 Å². The van der Waals surface area contributed by atoms with Crippen molar-refractivity contribution in [3.8, 4) is 11.5 Å². The highest BCUT2D eigenvalue weighted by Crippen LogP contribution is 2.19. The van der Waals surface area contributed by atoms with Crippen molar-refractivity contribution >= 4 is 11.9 Å². The predicted molar refractivity (Wildman–Crippen MR) is 123 cm³/mol. The van der Waals surface area contributed by atoms with Gasteiger partial charge in [-0.15, -0.1) is 0 Å². The Labute approximate surface area is 187 Å². The van der Waals surface area contributed by atoms with Crippen molar-refractivity contribution in [3.63, 3.8) is 0 Å². The lowest BCUT2D eigenvalue weighted by Gasteiger charge is -2.11. The molecule has 0 aliphatic rings. The molecule has 1 aromatic heterocycles. The van der Waals surface area contributed by atoms with Crippen LogP contribution in [0.3, 0.4) is 0 Å². The maximum absolute atomic E-state index is 13.6. The molecule has 7 nitrogen and oxygen atoms in total. The number of rotatable bonds is 8. The van der Waals surface area contributed by atoms with Crippen LogP contribution in [0, 0.1) is 19.7 Å². The molecule has 0 fully saturated rings. The smallest absolute Gasteiger partial charge is 0.251 e. The van der Waals surface area contributed by atoms with Crippen molar-refractivity contribution in [1.82, 2.24) is 20.9 Å². The molecule has 0 saturated heterocycles. The number of aliphatic imine (C=N–C) groups is 1. The van der Waals surface area contributed by atoms with E-state index < -0.39 is 5.82 Å². The molecule has 3 N–H and O–H groups in total. The van der Waals surface area contributed by atoms with Crippen LogP contribution in [-0.2, 0) is 6.54 Å². The van der Waals surface area contributed by atoms with Crippen molar-refractivity contribution in [2.75, 3.05) is 19.6 Å². The highest BCUT2D eigenvalue weighted by atomic mass is 19.1. The Morgan fingerprint density at radius 3 is 2.53 bits per heavy atom. The Kier molecular flexibility index (Phi) is 7.96. The molecule has 1 heterocycles. The number of aromatic nitrogens is 1. The van der Waals surface area contributed by atoms with Crippen molar-refractivity contribution < 1.29 is 13.6 Å². The summed E-state index contributed by atoms with van der Waals surface area (Å²) < 4.78 is 19.2. The van der Waals surface area contributed by atoms with Crippen LogP contribution in [0.5, 0.6) is 0 Å². The molecular formula is C24H28FN5O2. The standard InChI is InChI=1S/C24H28FN5O2/c1-4-26-24(28-12-11-27-22(31)19-10-7-17(3)21(25)13-19)29-14-20-15-32-23(30-20)18-8-5-16(2)6-9-18/h5-10,13,15H,4,11-12,14H2,1-3H3,(H,27,31)(H2,26,28,29). The van der Waals surface area contributed by atoms with Crippen molar-refractivity contribution in [2.45, 2.75) is 27.3 Å². The summed E-state index contributed by atoms with van der Waals surface area (Å²) in [5, 5.41) is 9.07. The van der Waals surface area contributed by atoms with Crippen LogP contribution >= 0.6 is 0 Å². The molecule has 0 aliphatic carbocycles. The lowest BCUT2D eigenvalue weighted by molar-refractivity contribution is 0.0954. The second-order valence-electron chi connectivity index (χ2n) is 7.35. The number of nitrogens with zero attached hydrogens (tertiary/aromatic N) is 2. The first-order valence-corrected chi connectivity index (χ1v) is 10.5. The Morgan fingerprint density at radius 1 is 1.06 bits per heavy atom. The fourth-order valence-electron chi connectivity index (χ4n) is 2.90. The summed E-state index contributed by atoms with van der Waals surface area (Å²) in [5.41, 5.74) is 3.61. The van der Waals surface area contributed by atoms with E-state index in [4.69, 9.17) is 4.42 Å². The highest BCUT2D eigenvalue weighted by Gasteiger charge is 2.09. The fraction of sp³-hybridized carbons (Fsp3) is 0.292. The minimum Gasteiger partial charge on any atom is -0.444 e. The summed E-state index contributed by atoms with van der Waals surface area (Å²) in [4.78, 5) is 21.2. The largest absolute Gasteiger partial charge is 0.444 e. The molecule has 0 spiro atoms. The zero-order valence-corrected chi connectivity index (χ0v) is 18.5. The van der Waals surface area contributed by atoms with E-state index in [-0.39, 0.29) is 5.91 Å². The fourth-order valence-corrected chi connectivity index (χ4v) is 2.90. The molecule has 2 aromatic carbocycles. The topological polar surface area (TPSA) is 91.6 Å². The van der Waals surface area contributed by atoms with Crippen LogP contribution in [0.25, 0.3) is 11.5 Å². The molecule has 168 valence electrons. The van der Waals surface area contributed by atoms with Gasteiger partial charge >= 0.3 is 0 Å². The molecule has 32 heavy (non-hydrogen) atoms. The lowest BCUT2D eigenvalue weighted by Crippen LogP contribution is -2.41. The average Bonchev–Trinajstić information content (AvgIpc) is 3.26. The number of hydrogen-bond donors (Lipinski definition) is 3. The first kappa shape index (κ1) is 23.0. The summed E-state index contributed by atoms with van der Waals surface area (Å²) in [6.07, 6.45) is 1.60. The maximum Gasteiger partial charge on any atom is 0.251 e. The van der Waals surface area contributed by atoms with Crippen molar-refractivity contribution in [1.29, 1.82) is 0 Å². The minimum atomic E-state index is -0.393. The van der Waals surface area contributed by atoms with Crippen LogP contribution in [0.1, 0.15) is 34.1 Å². The second-order valence-corrected chi connectivity index (χ2v) is 7.35. The number of aryl methyl sites for hydroxylation is 2. The van der Waals surface area contributed by atoms with Crippen LogP contribution in [-0.4, -0.2) is 36.5 Å². The summed E-state index contributed by atoms with van der Waals surface area (Å²) in [6, 6.07) is 12.4. The van der Waals surface area contributed by atoms with Gasteiger partial charge in [-0.2, -0.15) is 0 Å². The van der Waals surface area contributed by atoms with E-state index >= 15 is 0 Å². The van der Waals surface area contributed by atoms with Gasteiger partial charge in [-0.05, 0) is 50.6 Å². The number of hydrogen-bond acceptors (Lipinski definition) is 4. The molecule has 0 bridgehead atoms. The van der Waals surface area contributed by atoms with Gasteiger partial charge in [0, 0.05) is 30.8 Å². The summed E-state index contributed by atoms with van der Waals surface area (Å²) in [6.45, 7) is 7.51. The van der Waals surface area contributed by atoms with Gasteiger partial charge in [0.25, 0.3) is 5.91 Å². The third-order valence-corrected chi connectivity index (χ3v) is 4.73. The molecule has 0 radical (unpaired) electrons. The number of guanidine groups is 1. The van der Waals surface area contributed by atoms with Crippen molar-refractivity contribution in [2.24, 2.45) is 4.99 Å². The molecule has 3 rings (SSSR count). The number of halogens is 1. The maximum atomic E-state index is 13.6. The number of benzene rings is 2. The van der Waals surface area contributed by atoms with E-state index in [9.17, 15) is 9.18 Å². The van der Waals surface area contributed by atoms with Gasteiger partial charge in [0.15, 0.2) is 5.96 Å². The molecule has 0 atom stereocenters. The first-order chi connectivity index (χ1) is 15.5. The number of nitrogens with one attached hydrogen (secondary N) is 3. The van der Waals surface area contributed by atoms with Gasteiger partial charge in [0.05, 0.1) is 6.54 Å².